The number of esters is 1. The molecule has 0 spiro atoms. The van der Waals surface area contributed by atoms with Gasteiger partial charge in [0.1, 0.15) is 0 Å². The van der Waals surface area contributed by atoms with Gasteiger partial charge in [0.05, 0.1) is 6.61 Å². The number of rotatable bonds is 1. The van der Waals surface area contributed by atoms with E-state index in [2.05, 4.69) is 16.6 Å². The standard InChI is InChI=1S/C9H12O2/c1-2-11-9(10)7-6-8-4-3-5-8/h8H,2-5H2,1H3. The zero-order valence-electron chi connectivity index (χ0n) is 6.72. The fourth-order valence-corrected chi connectivity index (χ4v) is 0.881. The molecule has 0 amide bonds. The summed E-state index contributed by atoms with van der Waals surface area (Å²) in [5.41, 5.74) is 0. The van der Waals surface area contributed by atoms with Gasteiger partial charge in [-0.1, -0.05) is 12.3 Å². The van der Waals surface area contributed by atoms with Gasteiger partial charge in [-0.15, -0.1) is 0 Å². The smallest absolute Gasteiger partial charge is 0.384 e. The first kappa shape index (κ1) is 8.13. The van der Waals surface area contributed by atoms with Crippen molar-refractivity contribution in [2.75, 3.05) is 6.61 Å². The Morgan fingerprint density at radius 3 is 2.82 bits per heavy atom. The van der Waals surface area contributed by atoms with Gasteiger partial charge in [-0.25, -0.2) is 4.79 Å². The Morgan fingerprint density at radius 1 is 1.64 bits per heavy atom. The van der Waals surface area contributed by atoms with E-state index in [1.165, 1.54) is 6.42 Å². The van der Waals surface area contributed by atoms with Gasteiger partial charge in [-0.2, -0.15) is 0 Å². The predicted molar refractivity (Wildman–Crippen MR) is 41.8 cm³/mol. The Morgan fingerprint density at radius 2 is 2.36 bits per heavy atom. The second-order valence-electron chi connectivity index (χ2n) is 2.62. The number of hydrogen-bond acceptors (Lipinski definition) is 2. The summed E-state index contributed by atoms with van der Waals surface area (Å²) in [5.74, 6) is 5.42. The highest BCUT2D eigenvalue weighted by atomic mass is 16.5. The molecule has 0 aliphatic heterocycles. The normalized spacial score (nSPS) is 16.1. The summed E-state index contributed by atoms with van der Waals surface area (Å²) < 4.78 is 4.65. The summed E-state index contributed by atoms with van der Waals surface area (Å²) in [6.45, 7) is 2.20. The lowest BCUT2D eigenvalue weighted by Gasteiger charge is -2.18. The van der Waals surface area contributed by atoms with Gasteiger partial charge in [0, 0.05) is 11.8 Å². The Hall–Kier alpha value is -0.970. The van der Waals surface area contributed by atoms with Crippen LogP contribution in [0.15, 0.2) is 0 Å². The van der Waals surface area contributed by atoms with Gasteiger partial charge in [0.2, 0.25) is 0 Å². The van der Waals surface area contributed by atoms with Crippen molar-refractivity contribution in [2.24, 2.45) is 5.92 Å². The highest BCUT2D eigenvalue weighted by molar-refractivity contribution is 5.88. The third-order valence-electron chi connectivity index (χ3n) is 1.76. The number of hydrogen-bond donors (Lipinski definition) is 0. The van der Waals surface area contributed by atoms with Crippen molar-refractivity contribution in [3.8, 4) is 11.8 Å². The molecule has 0 heterocycles. The van der Waals surface area contributed by atoms with E-state index >= 15 is 0 Å². The van der Waals surface area contributed by atoms with Crippen LogP contribution in [0.2, 0.25) is 0 Å². The third-order valence-corrected chi connectivity index (χ3v) is 1.76. The maximum atomic E-state index is 10.7. The molecule has 60 valence electrons. The first-order valence-electron chi connectivity index (χ1n) is 4.01. The van der Waals surface area contributed by atoms with Gasteiger partial charge >= 0.3 is 5.97 Å². The monoisotopic (exact) mass is 152 g/mol. The molecule has 0 aromatic carbocycles. The van der Waals surface area contributed by atoms with Gasteiger partial charge in [-0.3, -0.25) is 0 Å². The van der Waals surface area contributed by atoms with Crippen LogP contribution >= 0.6 is 0 Å². The van der Waals surface area contributed by atoms with Crippen LogP contribution in [0, 0.1) is 17.8 Å². The molecule has 0 radical (unpaired) electrons. The van der Waals surface area contributed by atoms with E-state index in [1.54, 1.807) is 6.92 Å². The van der Waals surface area contributed by atoms with Gasteiger partial charge in [-0.05, 0) is 19.8 Å². The van der Waals surface area contributed by atoms with Gasteiger partial charge in [0.15, 0.2) is 0 Å². The molecule has 0 aromatic rings. The van der Waals surface area contributed by atoms with Crippen molar-refractivity contribution in [1.82, 2.24) is 0 Å². The minimum Gasteiger partial charge on any atom is -0.456 e. The average Bonchev–Trinajstić information content (AvgIpc) is 1.85. The Kier molecular flexibility index (Phi) is 2.97. The topological polar surface area (TPSA) is 26.3 Å². The summed E-state index contributed by atoms with van der Waals surface area (Å²) in [5, 5.41) is 0. The molecular formula is C9H12O2. The zero-order chi connectivity index (χ0) is 8.10. The molecule has 2 heteroatoms. The van der Waals surface area contributed by atoms with Crippen LogP contribution in [0.3, 0.4) is 0 Å². The maximum absolute atomic E-state index is 10.7. The molecule has 1 saturated carbocycles. The molecule has 11 heavy (non-hydrogen) atoms. The first-order valence-corrected chi connectivity index (χ1v) is 4.01. The summed E-state index contributed by atoms with van der Waals surface area (Å²) in [6.07, 6.45) is 3.54. The maximum Gasteiger partial charge on any atom is 0.384 e. The van der Waals surface area contributed by atoms with E-state index in [4.69, 9.17) is 0 Å². The van der Waals surface area contributed by atoms with Crippen molar-refractivity contribution >= 4 is 5.97 Å². The highest BCUT2D eigenvalue weighted by Crippen LogP contribution is 2.24. The summed E-state index contributed by atoms with van der Waals surface area (Å²) >= 11 is 0. The quantitative estimate of drug-likeness (QED) is 0.322. The second kappa shape index (κ2) is 4.02. The highest BCUT2D eigenvalue weighted by Gasteiger charge is 2.14. The Bertz CT molecular complexity index is 193. The van der Waals surface area contributed by atoms with E-state index in [9.17, 15) is 4.79 Å². The molecule has 1 fully saturated rings. The summed E-state index contributed by atoms with van der Waals surface area (Å²) in [6, 6.07) is 0. The van der Waals surface area contributed by atoms with Crippen LogP contribution in [0.4, 0.5) is 0 Å². The average molecular weight is 152 g/mol. The second-order valence-corrected chi connectivity index (χ2v) is 2.62. The van der Waals surface area contributed by atoms with Crippen LogP contribution in [0.25, 0.3) is 0 Å². The number of carbonyl (C=O) groups is 1. The molecule has 1 aliphatic carbocycles. The molecule has 0 atom stereocenters. The zero-order valence-corrected chi connectivity index (χ0v) is 6.72. The summed E-state index contributed by atoms with van der Waals surface area (Å²) in [7, 11) is 0. The van der Waals surface area contributed by atoms with Gasteiger partial charge in [0.25, 0.3) is 0 Å². The molecule has 0 saturated heterocycles. The van der Waals surface area contributed by atoms with Crippen LogP contribution in [-0.4, -0.2) is 12.6 Å². The lowest BCUT2D eigenvalue weighted by molar-refractivity contribution is -0.136. The van der Waals surface area contributed by atoms with Crippen molar-refractivity contribution in [3.63, 3.8) is 0 Å². The van der Waals surface area contributed by atoms with E-state index in [-0.39, 0.29) is 5.97 Å². The molecule has 0 N–H and O–H groups in total. The number of ether oxygens (including phenoxy) is 1. The minimum atomic E-state index is -0.389. The molecule has 0 unspecified atom stereocenters. The lowest BCUT2D eigenvalue weighted by atomic mass is 9.86. The minimum absolute atomic E-state index is 0.389. The van der Waals surface area contributed by atoms with Crippen LogP contribution in [-0.2, 0) is 9.53 Å². The molecule has 0 bridgehead atoms. The van der Waals surface area contributed by atoms with E-state index in [0.717, 1.165) is 12.8 Å². The Balaban J connectivity index is 2.24. The molecular weight excluding hydrogens is 140 g/mol. The largest absolute Gasteiger partial charge is 0.456 e. The predicted octanol–water partition coefficient (Wildman–Crippen LogP) is 1.35. The molecule has 2 nitrogen and oxygen atoms in total. The van der Waals surface area contributed by atoms with Crippen molar-refractivity contribution in [2.45, 2.75) is 26.2 Å². The van der Waals surface area contributed by atoms with Crippen molar-refractivity contribution < 1.29 is 9.53 Å². The van der Waals surface area contributed by atoms with Gasteiger partial charge < -0.3 is 4.74 Å². The first-order chi connectivity index (χ1) is 5.33. The SMILES string of the molecule is CCOC(=O)C#CC1CCC1. The van der Waals surface area contributed by atoms with Crippen molar-refractivity contribution in [3.05, 3.63) is 0 Å². The number of carbonyl (C=O) groups excluding carboxylic acids is 1. The molecule has 1 rings (SSSR count). The van der Waals surface area contributed by atoms with Crippen LogP contribution < -0.4 is 0 Å². The fraction of sp³-hybridized carbons (Fsp3) is 0.667. The van der Waals surface area contributed by atoms with Crippen LogP contribution in [0.1, 0.15) is 26.2 Å². The summed E-state index contributed by atoms with van der Waals surface area (Å²) in [4.78, 5) is 10.7. The van der Waals surface area contributed by atoms with Crippen molar-refractivity contribution in [1.29, 1.82) is 0 Å². The fourth-order valence-electron chi connectivity index (χ4n) is 0.881. The molecule has 0 aromatic heterocycles. The molecule has 1 aliphatic rings. The third kappa shape index (κ3) is 2.63. The van der Waals surface area contributed by atoms with Crippen LogP contribution in [0.5, 0.6) is 0 Å². The van der Waals surface area contributed by atoms with E-state index in [0.29, 0.717) is 12.5 Å². The lowest BCUT2D eigenvalue weighted by Crippen LogP contribution is -2.09. The van der Waals surface area contributed by atoms with E-state index < -0.39 is 0 Å². The Labute approximate surface area is 66.9 Å². The van der Waals surface area contributed by atoms with E-state index in [1.807, 2.05) is 0 Å².